The second kappa shape index (κ2) is 23.5. The number of aromatic nitrogens is 10. The Morgan fingerprint density at radius 2 is 1.20 bits per heavy atom. The van der Waals surface area contributed by atoms with Gasteiger partial charge in [0, 0.05) is 60.1 Å². The first-order chi connectivity index (χ1) is 39.5. The van der Waals surface area contributed by atoms with Gasteiger partial charge >= 0.3 is 28.4 Å². The zero-order valence-electron chi connectivity index (χ0n) is 45.2. The van der Waals surface area contributed by atoms with Crippen LogP contribution in [0.4, 0.5) is 16.0 Å². The van der Waals surface area contributed by atoms with Crippen molar-refractivity contribution in [1.82, 2.24) is 47.8 Å². The standard InChI is InChI=1S/C51H66FN13O18/c1-4-6-23-20-65(50(77)60-43(23)71)31-10-7-25(78-31)36(66)40(82-45(72)27-9-12-30(80-27)61-15-13-28(54)56-46(61)73)51(39(68)26-8-11-32(79-26)64-19-22(5-2)42(70)59-49(64)76)34(35(52)44(83-51)62-16-14-29(55)57-47(62)74)37(67)38-24(53)17-33(81-38)63-18-21(3)41(69)58-48(63)75/h13-16,18-20,24-27,30-40,44-45,66-68,72H,4-12,17,53H2,1-3H3,(H2,54,56,73)(H2,55,57,74)(H,58,69,75)(H,59,70,76)(H,60,71,77)/t24-,25-,26-,27-,30+,31+,32+,33+,34+,35+,36?,37?,38-,39?,40?,44+,45?,51+/m0/s1. The number of nitrogens with zero attached hydrogens (tertiary/aromatic N) is 7. The van der Waals surface area contributed by atoms with E-state index in [0.717, 1.165) is 30.5 Å². The Hall–Kier alpha value is -7.11. The number of anilines is 2. The Kier molecular flexibility index (Phi) is 16.7. The van der Waals surface area contributed by atoms with Gasteiger partial charge in [0.25, 0.3) is 16.7 Å². The topological polar surface area (TPSA) is 449 Å². The first kappa shape index (κ1) is 59.1. The van der Waals surface area contributed by atoms with E-state index < -0.39 is 155 Å². The van der Waals surface area contributed by atoms with E-state index >= 15 is 4.39 Å². The monoisotopic (exact) mass is 1170 g/mol. The summed E-state index contributed by atoms with van der Waals surface area (Å²) in [5.41, 5.74) is 9.12. The van der Waals surface area contributed by atoms with Crippen molar-refractivity contribution in [3.8, 4) is 0 Å². The van der Waals surface area contributed by atoms with Gasteiger partial charge in [-0.25, -0.2) is 28.4 Å². The number of nitrogens with two attached hydrogens (primary N) is 3. The molecule has 5 aromatic heterocycles. The lowest BCUT2D eigenvalue weighted by Gasteiger charge is -2.50. The SMILES string of the molecule is CCCc1cn([C@H]2CC[C@@H](C(O)C(OC(O)[C@@H]3CC[C@H](n4ccc(N)nc4=O)O3)[C@@]3(C(O)[C@@H]4CC[C@H](n5cc(CC)c(=O)[nH]c5=O)O4)O[C@@H](n4ccc(N)nc4=O)[C@H](F)[C@@H]3C(O)[C@H]3O[C@@H](n4cc(C)c(=O)[nH]c4=O)C[C@@H]3N)O2)c(=O)[nH]c1=O. The van der Waals surface area contributed by atoms with Crippen LogP contribution in [0.2, 0.25) is 0 Å². The minimum atomic E-state index is -3.07. The normalized spacial score (nSPS) is 30.9. The molecule has 5 saturated heterocycles. The van der Waals surface area contributed by atoms with Gasteiger partial charge in [-0.05, 0) is 70.4 Å². The quantitative estimate of drug-likeness (QED) is 0.0386. The predicted molar refractivity (Wildman–Crippen MR) is 284 cm³/mol. The van der Waals surface area contributed by atoms with E-state index in [4.69, 9.17) is 45.6 Å². The number of hydrogen-bond donors (Lipinski definition) is 10. The van der Waals surface area contributed by atoms with E-state index in [-0.39, 0.29) is 86.1 Å². The molecule has 18 atom stereocenters. The van der Waals surface area contributed by atoms with Crippen molar-refractivity contribution in [3.63, 3.8) is 0 Å². The Labute approximate surface area is 467 Å². The number of aromatic amines is 3. The van der Waals surface area contributed by atoms with Crippen molar-refractivity contribution in [2.24, 2.45) is 11.7 Å². The van der Waals surface area contributed by atoms with Gasteiger partial charge in [0.2, 0.25) is 0 Å². The maximum Gasteiger partial charge on any atom is 0.351 e. The highest BCUT2D eigenvalue weighted by molar-refractivity contribution is 5.25. The number of aryl methyl sites for hydroxylation is 3. The van der Waals surface area contributed by atoms with Crippen molar-refractivity contribution < 1.29 is 53.2 Å². The third-order valence-electron chi connectivity index (χ3n) is 16.4. The minimum absolute atomic E-state index is 0.0352. The van der Waals surface area contributed by atoms with E-state index in [1.165, 1.54) is 37.8 Å². The van der Waals surface area contributed by atoms with Gasteiger partial charge in [-0.2, -0.15) is 9.97 Å². The molecule has 10 rings (SSSR count). The number of nitrogen functional groups attached to an aromatic ring is 2. The first-order valence-electron chi connectivity index (χ1n) is 27.3. The molecule has 450 valence electrons. The highest BCUT2D eigenvalue weighted by Crippen LogP contribution is 2.55. The number of alkyl halides is 1. The lowest BCUT2D eigenvalue weighted by molar-refractivity contribution is -0.313. The number of H-pyrrole nitrogens is 3. The predicted octanol–water partition coefficient (Wildman–Crippen LogP) is -3.21. The van der Waals surface area contributed by atoms with Gasteiger partial charge in [0.1, 0.15) is 72.7 Å². The molecule has 10 heterocycles. The lowest BCUT2D eigenvalue weighted by atomic mass is 9.69. The van der Waals surface area contributed by atoms with Gasteiger partial charge in [-0.1, -0.05) is 20.3 Å². The molecule has 83 heavy (non-hydrogen) atoms. The van der Waals surface area contributed by atoms with E-state index in [9.17, 15) is 58.8 Å². The van der Waals surface area contributed by atoms with Crippen molar-refractivity contribution in [2.75, 3.05) is 11.5 Å². The number of hydrogen-bond acceptors (Lipinski definition) is 23. The fourth-order valence-electron chi connectivity index (χ4n) is 12.2. The zero-order chi connectivity index (χ0) is 59.5. The molecule has 5 aliphatic heterocycles. The van der Waals surface area contributed by atoms with Crippen LogP contribution in [0.5, 0.6) is 0 Å². The van der Waals surface area contributed by atoms with Gasteiger partial charge in [0.15, 0.2) is 18.7 Å². The van der Waals surface area contributed by atoms with Crippen LogP contribution < -0.4 is 62.3 Å². The fraction of sp³-hybridized carbons (Fsp3) is 0.608. The lowest BCUT2D eigenvalue weighted by Crippen LogP contribution is -2.69. The minimum Gasteiger partial charge on any atom is -0.390 e. The van der Waals surface area contributed by atoms with E-state index in [2.05, 4.69) is 24.9 Å². The van der Waals surface area contributed by atoms with Crippen LogP contribution in [0.15, 0.2) is 81.5 Å². The molecule has 0 radical (unpaired) electrons. The molecule has 0 bridgehead atoms. The van der Waals surface area contributed by atoms with E-state index in [1.54, 1.807) is 6.92 Å². The summed E-state index contributed by atoms with van der Waals surface area (Å²) >= 11 is 0. The Morgan fingerprint density at radius 3 is 1.81 bits per heavy atom. The molecule has 5 fully saturated rings. The highest BCUT2D eigenvalue weighted by atomic mass is 19.1. The Bertz CT molecular complexity index is 3710. The smallest absolute Gasteiger partial charge is 0.351 e. The van der Waals surface area contributed by atoms with Crippen LogP contribution in [0, 0.1) is 12.8 Å². The van der Waals surface area contributed by atoms with Crippen LogP contribution in [0.25, 0.3) is 0 Å². The molecule has 5 aliphatic rings. The van der Waals surface area contributed by atoms with Crippen molar-refractivity contribution in [1.29, 1.82) is 0 Å². The average Bonchev–Trinajstić information content (AvgIpc) is 1.69. The van der Waals surface area contributed by atoms with Crippen LogP contribution in [0.1, 0.15) is 113 Å². The number of ether oxygens (including phenoxy) is 6. The summed E-state index contributed by atoms with van der Waals surface area (Å²) in [5, 5.41) is 52.4. The summed E-state index contributed by atoms with van der Waals surface area (Å²) < 4.78 is 62.5. The summed E-state index contributed by atoms with van der Waals surface area (Å²) in [6.07, 6.45) is -21.4. The van der Waals surface area contributed by atoms with Gasteiger partial charge in [-0.3, -0.25) is 52.2 Å². The second-order valence-electron chi connectivity index (χ2n) is 21.6. The molecule has 0 spiro atoms. The first-order valence-corrected chi connectivity index (χ1v) is 27.3. The molecular formula is C51H66FN13O18. The van der Waals surface area contributed by atoms with Crippen LogP contribution in [-0.4, -0.2) is 141 Å². The summed E-state index contributed by atoms with van der Waals surface area (Å²) in [7, 11) is 0. The highest BCUT2D eigenvalue weighted by Gasteiger charge is 2.71. The van der Waals surface area contributed by atoms with Crippen LogP contribution in [-0.2, 0) is 41.3 Å². The Morgan fingerprint density at radius 1 is 0.687 bits per heavy atom. The molecule has 0 aliphatic carbocycles. The summed E-state index contributed by atoms with van der Waals surface area (Å²) in [4.78, 5) is 119. The maximum absolute atomic E-state index is 18.8. The molecule has 32 heteroatoms. The van der Waals surface area contributed by atoms with Crippen molar-refractivity contribution >= 4 is 11.6 Å². The number of aliphatic hydroxyl groups excluding tert-OH is 4. The van der Waals surface area contributed by atoms with Gasteiger partial charge in [-0.15, -0.1) is 0 Å². The molecule has 0 saturated carbocycles. The summed E-state index contributed by atoms with van der Waals surface area (Å²) in [6, 6.07) is 1.16. The van der Waals surface area contributed by atoms with Crippen LogP contribution >= 0.6 is 0 Å². The number of nitrogens with one attached hydrogen (secondary N) is 3. The largest absolute Gasteiger partial charge is 0.390 e. The van der Waals surface area contributed by atoms with Gasteiger partial charge < -0.3 is 66.0 Å². The number of aliphatic hydroxyl groups is 4. The third kappa shape index (κ3) is 11.0. The van der Waals surface area contributed by atoms with Crippen molar-refractivity contribution in [3.05, 3.63) is 143 Å². The van der Waals surface area contributed by atoms with Crippen molar-refractivity contribution in [2.45, 2.75) is 189 Å². The van der Waals surface area contributed by atoms with E-state index in [1.807, 2.05) is 6.92 Å². The number of rotatable bonds is 18. The average molecular weight is 1170 g/mol. The van der Waals surface area contributed by atoms with E-state index in [0.29, 0.717) is 11.0 Å². The summed E-state index contributed by atoms with van der Waals surface area (Å²) in [5.74, 6) is -2.74. The molecule has 0 amide bonds. The molecule has 5 unspecified atom stereocenters. The fourth-order valence-corrected chi connectivity index (χ4v) is 12.2. The Balaban J connectivity index is 1.14. The summed E-state index contributed by atoms with van der Waals surface area (Å²) in [6.45, 7) is 4.91. The molecule has 5 aromatic rings. The second-order valence-corrected chi connectivity index (χ2v) is 21.6. The zero-order valence-corrected chi connectivity index (χ0v) is 45.2. The number of halogens is 1. The molecule has 13 N–H and O–H groups in total. The third-order valence-corrected chi connectivity index (χ3v) is 16.4. The van der Waals surface area contributed by atoms with Gasteiger partial charge in [0.05, 0.1) is 24.2 Å². The van der Waals surface area contributed by atoms with Crippen LogP contribution in [0.3, 0.4) is 0 Å². The maximum atomic E-state index is 18.8. The molecule has 0 aromatic carbocycles. The molecule has 31 nitrogen and oxygen atoms in total. The molecular weight excluding hydrogens is 1100 g/mol.